The summed E-state index contributed by atoms with van der Waals surface area (Å²) in [5.41, 5.74) is 7.73. The minimum absolute atomic E-state index is 0.0447. The minimum Gasteiger partial charge on any atom is -0.369 e. The third-order valence-corrected chi connectivity index (χ3v) is 2.68. The van der Waals surface area contributed by atoms with E-state index >= 15 is 0 Å². The van der Waals surface area contributed by atoms with Crippen molar-refractivity contribution in [1.82, 2.24) is 4.98 Å². The minimum atomic E-state index is -0.0447. The zero-order chi connectivity index (χ0) is 13.5. The van der Waals surface area contributed by atoms with Crippen molar-refractivity contribution in [1.29, 1.82) is 5.26 Å². The van der Waals surface area contributed by atoms with Gasteiger partial charge >= 0.3 is 0 Å². The second kappa shape index (κ2) is 6.97. The average Bonchev–Trinajstić information content (AvgIpc) is 2.34. The van der Waals surface area contributed by atoms with Crippen molar-refractivity contribution in [3.05, 3.63) is 24.0 Å². The predicted molar refractivity (Wildman–Crippen MR) is 74.1 cm³/mol. The van der Waals surface area contributed by atoms with Crippen molar-refractivity contribution in [3.8, 4) is 6.07 Å². The van der Waals surface area contributed by atoms with E-state index in [1.54, 1.807) is 0 Å². The fourth-order valence-electron chi connectivity index (χ4n) is 1.81. The van der Waals surface area contributed by atoms with Crippen LogP contribution in [0.4, 0.5) is 5.69 Å². The molecule has 4 nitrogen and oxygen atoms in total. The number of pyridine rings is 1. The maximum atomic E-state index is 8.70. The van der Waals surface area contributed by atoms with Gasteiger partial charge in [0.05, 0.1) is 30.1 Å². The molecule has 0 bridgehead atoms. The van der Waals surface area contributed by atoms with Crippen molar-refractivity contribution < 1.29 is 0 Å². The van der Waals surface area contributed by atoms with Gasteiger partial charge in [0.2, 0.25) is 0 Å². The molecule has 0 saturated carbocycles. The van der Waals surface area contributed by atoms with Gasteiger partial charge in [0.25, 0.3) is 0 Å². The molecule has 0 spiro atoms. The Morgan fingerprint density at radius 1 is 1.39 bits per heavy atom. The highest BCUT2D eigenvalue weighted by molar-refractivity contribution is 5.45. The monoisotopic (exact) mass is 246 g/mol. The Bertz CT molecular complexity index is 389. The van der Waals surface area contributed by atoms with E-state index in [0.717, 1.165) is 24.5 Å². The van der Waals surface area contributed by atoms with Crippen molar-refractivity contribution in [3.63, 3.8) is 0 Å². The molecule has 0 aliphatic rings. The summed E-state index contributed by atoms with van der Waals surface area (Å²) in [5.74, 6) is 0.553. The van der Waals surface area contributed by atoms with Crippen LogP contribution in [0.5, 0.6) is 0 Å². The number of nitrogens with zero attached hydrogens (tertiary/aromatic N) is 3. The summed E-state index contributed by atoms with van der Waals surface area (Å²) in [5, 5.41) is 8.70. The molecule has 1 aromatic heterocycles. The first-order chi connectivity index (χ1) is 8.54. The van der Waals surface area contributed by atoms with E-state index in [9.17, 15) is 0 Å². The van der Waals surface area contributed by atoms with Crippen molar-refractivity contribution >= 4 is 5.69 Å². The van der Waals surface area contributed by atoms with E-state index in [0.29, 0.717) is 12.3 Å². The Morgan fingerprint density at radius 3 is 2.56 bits per heavy atom. The highest BCUT2D eigenvalue weighted by atomic mass is 15.1. The zero-order valence-electron chi connectivity index (χ0n) is 11.4. The molecule has 1 heterocycles. The standard InChI is InChI=1S/C14H22N4/c1-11(2)10-18(8-4-7-15)13-5-6-14(12(3)16)17-9-13/h5-6,9,11-12H,4,8,10,16H2,1-3H3. The number of anilines is 1. The summed E-state index contributed by atoms with van der Waals surface area (Å²) in [6, 6.07) is 6.14. The lowest BCUT2D eigenvalue weighted by Crippen LogP contribution is -2.28. The first kappa shape index (κ1) is 14.5. The van der Waals surface area contributed by atoms with Crippen LogP contribution in [-0.4, -0.2) is 18.1 Å². The van der Waals surface area contributed by atoms with E-state index in [-0.39, 0.29) is 6.04 Å². The molecule has 18 heavy (non-hydrogen) atoms. The normalized spacial score (nSPS) is 12.2. The molecule has 0 radical (unpaired) electrons. The van der Waals surface area contributed by atoms with Crippen molar-refractivity contribution in [2.24, 2.45) is 11.7 Å². The van der Waals surface area contributed by atoms with Gasteiger partial charge in [0.15, 0.2) is 0 Å². The SMILES string of the molecule is CC(C)CN(CCC#N)c1ccc(C(C)N)nc1. The van der Waals surface area contributed by atoms with Crippen LogP contribution in [0, 0.1) is 17.2 Å². The van der Waals surface area contributed by atoms with Crippen LogP contribution in [0.25, 0.3) is 0 Å². The third-order valence-electron chi connectivity index (χ3n) is 2.68. The quantitative estimate of drug-likeness (QED) is 0.837. The Kier molecular flexibility index (Phi) is 5.60. The highest BCUT2D eigenvalue weighted by Gasteiger charge is 2.09. The van der Waals surface area contributed by atoms with Crippen LogP contribution in [0.1, 0.15) is 38.9 Å². The predicted octanol–water partition coefficient (Wildman–Crippen LogP) is 2.48. The fourth-order valence-corrected chi connectivity index (χ4v) is 1.81. The summed E-state index contributed by atoms with van der Waals surface area (Å²) in [4.78, 5) is 6.57. The van der Waals surface area contributed by atoms with Crippen LogP contribution in [-0.2, 0) is 0 Å². The number of rotatable bonds is 6. The molecule has 4 heteroatoms. The van der Waals surface area contributed by atoms with Gasteiger partial charge in [0, 0.05) is 19.1 Å². The van der Waals surface area contributed by atoms with Gasteiger partial charge in [-0.15, -0.1) is 0 Å². The summed E-state index contributed by atoms with van der Waals surface area (Å²) in [6.07, 6.45) is 2.38. The maximum Gasteiger partial charge on any atom is 0.0640 e. The van der Waals surface area contributed by atoms with Gasteiger partial charge in [-0.25, -0.2) is 0 Å². The van der Waals surface area contributed by atoms with Crippen molar-refractivity contribution in [2.75, 3.05) is 18.0 Å². The lowest BCUT2D eigenvalue weighted by Gasteiger charge is -2.25. The molecular formula is C14H22N4. The van der Waals surface area contributed by atoms with Gasteiger partial charge in [-0.3, -0.25) is 4.98 Å². The third kappa shape index (κ3) is 4.34. The van der Waals surface area contributed by atoms with E-state index < -0.39 is 0 Å². The Hall–Kier alpha value is -1.60. The second-order valence-electron chi connectivity index (χ2n) is 4.98. The van der Waals surface area contributed by atoms with Crippen LogP contribution in [0.2, 0.25) is 0 Å². The number of hydrogen-bond acceptors (Lipinski definition) is 4. The highest BCUT2D eigenvalue weighted by Crippen LogP contribution is 2.17. The summed E-state index contributed by atoms with van der Waals surface area (Å²) < 4.78 is 0. The first-order valence-electron chi connectivity index (χ1n) is 6.38. The van der Waals surface area contributed by atoms with Crippen LogP contribution in [0.15, 0.2) is 18.3 Å². The average molecular weight is 246 g/mol. The van der Waals surface area contributed by atoms with Crippen LogP contribution < -0.4 is 10.6 Å². The van der Waals surface area contributed by atoms with Gasteiger partial charge in [-0.05, 0) is 25.0 Å². The van der Waals surface area contributed by atoms with Gasteiger partial charge in [-0.2, -0.15) is 5.26 Å². The largest absolute Gasteiger partial charge is 0.369 e. The maximum absolute atomic E-state index is 8.70. The number of nitriles is 1. The molecular weight excluding hydrogens is 224 g/mol. The van der Waals surface area contributed by atoms with Gasteiger partial charge < -0.3 is 10.6 Å². The summed E-state index contributed by atoms with van der Waals surface area (Å²) in [7, 11) is 0. The molecule has 1 atom stereocenters. The van der Waals surface area contributed by atoms with Crippen molar-refractivity contribution in [2.45, 2.75) is 33.2 Å². The molecule has 0 fully saturated rings. The Morgan fingerprint density at radius 2 is 2.11 bits per heavy atom. The molecule has 0 amide bonds. The smallest absolute Gasteiger partial charge is 0.0640 e. The molecule has 0 aliphatic carbocycles. The summed E-state index contributed by atoms with van der Waals surface area (Å²) >= 11 is 0. The molecule has 98 valence electrons. The zero-order valence-corrected chi connectivity index (χ0v) is 11.4. The van der Waals surface area contributed by atoms with E-state index in [4.69, 9.17) is 11.0 Å². The molecule has 0 aromatic carbocycles. The molecule has 0 aliphatic heterocycles. The number of nitrogens with two attached hydrogens (primary N) is 1. The molecule has 2 N–H and O–H groups in total. The second-order valence-corrected chi connectivity index (χ2v) is 4.98. The fraction of sp³-hybridized carbons (Fsp3) is 0.571. The lowest BCUT2D eigenvalue weighted by molar-refractivity contribution is 0.611. The molecule has 1 aromatic rings. The number of hydrogen-bond donors (Lipinski definition) is 1. The summed E-state index contributed by atoms with van der Waals surface area (Å²) in [6.45, 7) is 7.94. The van der Waals surface area contributed by atoms with Gasteiger partial charge in [0.1, 0.15) is 0 Å². The lowest BCUT2D eigenvalue weighted by atomic mass is 10.1. The Labute approximate surface area is 109 Å². The molecule has 0 saturated heterocycles. The van der Waals surface area contributed by atoms with Gasteiger partial charge in [-0.1, -0.05) is 13.8 Å². The topological polar surface area (TPSA) is 65.9 Å². The van der Waals surface area contributed by atoms with E-state index in [1.807, 2.05) is 25.3 Å². The first-order valence-corrected chi connectivity index (χ1v) is 6.38. The molecule has 1 rings (SSSR count). The van der Waals surface area contributed by atoms with E-state index in [1.165, 1.54) is 0 Å². The van der Waals surface area contributed by atoms with Crippen LogP contribution >= 0.6 is 0 Å². The molecule has 1 unspecified atom stereocenters. The number of aromatic nitrogens is 1. The van der Waals surface area contributed by atoms with E-state index in [2.05, 4.69) is 29.8 Å². The Balaban J connectivity index is 2.81. The van der Waals surface area contributed by atoms with Crippen LogP contribution in [0.3, 0.4) is 0 Å².